The monoisotopic (exact) mass is 546 g/mol. The van der Waals surface area contributed by atoms with Gasteiger partial charge in [0.1, 0.15) is 22.2 Å². The van der Waals surface area contributed by atoms with E-state index in [1.165, 1.54) is 19.6 Å². The zero-order valence-corrected chi connectivity index (χ0v) is 22.8. The van der Waals surface area contributed by atoms with Gasteiger partial charge < -0.3 is 14.4 Å². The fourth-order valence-corrected chi connectivity index (χ4v) is 4.79. The first-order valence-electron chi connectivity index (χ1n) is 11.4. The zero-order chi connectivity index (χ0) is 27.2. The number of nitrogens with two attached hydrogens (primary N) is 1. The van der Waals surface area contributed by atoms with Gasteiger partial charge in [0.05, 0.1) is 20.8 Å². The molecule has 0 fully saturated rings. The average molecular weight is 547 g/mol. The number of benzene rings is 2. The van der Waals surface area contributed by atoms with Gasteiger partial charge in [-0.15, -0.1) is 11.3 Å². The van der Waals surface area contributed by atoms with Crippen LogP contribution in [-0.2, 0) is 23.2 Å². The van der Waals surface area contributed by atoms with Crippen molar-refractivity contribution in [3.8, 4) is 11.5 Å². The maximum Gasteiger partial charge on any atom is 0.301 e. The van der Waals surface area contributed by atoms with Crippen molar-refractivity contribution in [2.45, 2.75) is 26.3 Å². The highest BCUT2D eigenvalue weighted by Gasteiger charge is 2.25. The van der Waals surface area contributed by atoms with E-state index in [-0.39, 0.29) is 18.1 Å². The Morgan fingerprint density at radius 2 is 1.68 bits per heavy atom. The number of carbonyl (C=O) groups excluding carboxylic acids is 2. The molecule has 1 aromatic heterocycles. The summed E-state index contributed by atoms with van der Waals surface area (Å²) in [6, 6.07) is 13.3. The Morgan fingerprint density at radius 3 is 2.24 bits per heavy atom. The van der Waals surface area contributed by atoms with Crippen molar-refractivity contribution in [1.82, 2.24) is 14.2 Å². The van der Waals surface area contributed by atoms with Crippen molar-refractivity contribution in [2.75, 3.05) is 27.8 Å². The van der Waals surface area contributed by atoms with Crippen LogP contribution in [0.1, 0.15) is 43.4 Å². The molecule has 0 spiro atoms. The molecule has 2 aromatic carbocycles. The summed E-state index contributed by atoms with van der Waals surface area (Å²) in [7, 11) is -0.0886. The molecule has 37 heavy (non-hydrogen) atoms. The lowest BCUT2D eigenvalue weighted by Crippen LogP contribution is -2.38. The van der Waals surface area contributed by atoms with E-state index < -0.39 is 16.1 Å². The Hall–Kier alpha value is -3.48. The molecule has 0 atom stereocenters. The number of amides is 2. The molecule has 0 saturated heterocycles. The topological polar surface area (TPSA) is 132 Å². The number of carbonyl (C=O) groups is 2. The third-order valence-corrected chi connectivity index (χ3v) is 7.55. The number of ether oxygens (including phenoxy) is 2. The maximum absolute atomic E-state index is 13.6. The normalized spacial score (nSPS) is 11.2. The SMILES string of the molecule is COc1cc(C(=O)N(CCCc2ccccc2)Cc2nc(C(=O)N(C)S(N)(=O)=O)cs2)cc(OC)c1C. The van der Waals surface area contributed by atoms with Crippen molar-refractivity contribution in [1.29, 1.82) is 0 Å². The van der Waals surface area contributed by atoms with Gasteiger partial charge in [-0.25, -0.2) is 14.4 Å². The second kappa shape index (κ2) is 12.2. The molecule has 0 aliphatic heterocycles. The van der Waals surface area contributed by atoms with Gasteiger partial charge in [-0.1, -0.05) is 30.3 Å². The number of methoxy groups -OCH3 is 2. The smallest absolute Gasteiger partial charge is 0.301 e. The highest BCUT2D eigenvalue weighted by molar-refractivity contribution is 7.87. The fraction of sp³-hybridized carbons (Fsp3) is 0.320. The number of rotatable bonds is 11. The highest BCUT2D eigenvalue weighted by atomic mass is 32.2. The first-order chi connectivity index (χ1) is 17.5. The van der Waals surface area contributed by atoms with Gasteiger partial charge in [0.2, 0.25) is 0 Å². The number of aromatic nitrogens is 1. The standard InChI is InChI=1S/C25H30N4O6S2/c1-17-21(34-3)13-19(14-22(17)35-4)24(30)29(12-8-11-18-9-6-5-7-10-18)15-23-27-20(16-36-23)25(31)28(2)37(26,32)33/h5-7,9-10,13-14,16H,8,11-12,15H2,1-4H3,(H2,26,32,33). The van der Waals surface area contributed by atoms with Crippen molar-refractivity contribution in [2.24, 2.45) is 5.14 Å². The van der Waals surface area contributed by atoms with Crippen LogP contribution in [0.2, 0.25) is 0 Å². The van der Waals surface area contributed by atoms with Crippen LogP contribution in [0.5, 0.6) is 11.5 Å². The van der Waals surface area contributed by atoms with Gasteiger partial charge in [0.15, 0.2) is 0 Å². The van der Waals surface area contributed by atoms with Crippen molar-refractivity contribution >= 4 is 33.4 Å². The minimum absolute atomic E-state index is 0.0631. The molecule has 3 aromatic rings. The van der Waals surface area contributed by atoms with Crippen LogP contribution in [0.3, 0.4) is 0 Å². The number of hydrogen-bond acceptors (Lipinski definition) is 8. The second-order valence-corrected chi connectivity index (χ2v) is 10.8. The molecule has 0 aliphatic carbocycles. The third-order valence-electron chi connectivity index (χ3n) is 5.79. The minimum atomic E-state index is -4.21. The average Bonchev–Trinajstić information content (AvgIpc) is 3.35. The largest absolute Gasteiger partial charge is 0.496 e. The van der Waals surface area contributed by atoms with E-state index in [1.54, 1.807) is 17.0 Å². The summed E-state index contributed by atoms with van der Waals surface area (Å²) in [6.07, 6.45) is 1.47. The van der Waals surface area contributed by atoms with Gasteiger partial charge in [-0.05, 0) is 37.5 Å². The lowest BCUT2D eigenvalue weighted by atomic mass is 10.1. The summed E-state index contributed by atoms with van der Waals surface area (Å²) in [6.45, 7) is 2.39. The summed E-state index contributed by atoms with van der Waals surface area (Å²) in [5, 5.41) is 6.97. The Labute approximate surface area is 220 Å². The molecule has 0 unspecified atom stereocenters. The van der Waals surface area contributed by atoms with Crippen molar-refractivity contribution < 1.29 is 27.5 Å². The van der Waals surface area contributed by atoms with Gasteiger partial charge in [0, 0.05) is 30.1 Å². The molecule has 12 heteroatoms. The lowest BCUT2D eigenvalue weighted by Gasteiger charge is -2.23. The number of thiazole rings is 1. The van der Waals surface area contributed by atoms with Crippen LogP contribution in [-0.4, -0.2) is 62.2 Å². The second-order valence-electron chi connectivity index (χ2n) is 8.27. The molecule has 198 valence electrons. The van der Waals surface area contributed by atoms with E-state index in [9.17, 15) is 18.0 Å². The zero-order valence-electron chi connectivity index (χ0n) is 21.1. The summed E-state index contributed by atoms with van der Waals surface area (Å²) in [5.41, 5.74) is 2.26. The third kappa shape index (κ3) is 7.06. The van der Waals surface area contributed by atoms with Crippen molar-refractivity contribution in [3.63, 3.8) is 0 Å². The van der Waals surface area contributed by atoms with Crippen LogP contribution in [0.15, 0.2) is 47.8 Å². The number of hydrogen-bond donors (Lipinski definition) is 1. The first-order valence-corrected chi connectivity index (χ1v) is 13.7. The van der Waals surface area contributed by atoms with E-state index in [1.807, 2.05) is 37.3 Å². The van der Waals surface area contributed by atoms with Crippen LogP contribution >= 0.6 is 11.3 Å². The molecular weight excluding hydrogens is 516 g/mol. The van der Waals surface area contributed by atoms with E-state index in [4.69, 9.17) is 14.6 Å². The van der Waals surface area contributed by atoms with Crippen LogP contribution in [0.25, 0.3) is 0 Å². The van der Waals surface area contributed by atoms with Crippen LogP contribution in [0.4, 0.5) is 0 Å². The van der Waals surface area contributed by atoms with Crippen LogP contribution < -0.4 is 14.6 Å². The molecular formula is C25H30N4O6S2. The van der Waals surface area contributed by atoms with Crippen molar-refractivity contribution in [3.05, 3.63) is 75.2 Å². The number of aryl methyl sites for hydroxylation is 1. The van der Waals surface area contributed by atoms with E-state index in [2.05, 4.69) is 4.98 Å². The molecule has 2 N–H and O–H groups in total. The quantitative estimate of drug-likeness (QED) is 0.391. The van der Waals surface area contributed by atoms with E-state index >= 15 is 0 Å². The predicted molar refractivity (Wildman–Crippen MR) is 141 cm³/mol. The van der Waals surface area contributed by atoms with E-state index in [0.29, 0.717) is 39.3 Å². The molecule has 0 aliphatic rings. The Balaban J connectivity index is 1.86. The lowest BCUT2D eigenvalue weighted by molar-refractivity contribution is 0.0740. The van der Waals surface area contributed by atoms with Gasteiger partial charge >= 0.3 is 10.2 Å². The molecule has 3 rings (SSSR count). The maximum atomic E-state index is 13.6. The first kappa shape index (κ1) is 28.1. The Bertz CT molecular complexity index is 1330. The van der Waals surface area contributed by atoms with E-state index in [0.717, 1.165) is 35.9 Å². The predicted octanol–water partition coefficient (Wildman–Crippen LogP) is 3.02. The van der Waals surface area contributed by atoms with Crippen LogP contribution in [0, 0.1) is 6.92 Å². The molecule has 10 nitrogen and oxygen atoms in total. The summed E-state index contributed by atoms with van der Waals surface area (Å²) < 4.78 is 34.3. The Morgan fingerprint density at radius 1 is 1.05 bits per heavy atom. The summed E-state index contributed by atoms with van der Waals surface area (Å²) in [5.74, 6) is -0.0467. The van der Waals surface area contributed by atoms with Gasteiger partial charge in [-0.3, -0.25) is 9.59 Å². The molecule has 2 amide bonds. The molecule has 0 bridgehead atoms. The highest BCUT2D eigenvalue weighted by Crippen LogP contribution is 2.30. The Kier molecular flexibility index (Phi) is 9.24. The summed E-state index contributed by atoms with van der Waals surface area (Å²) in [4.78, 5) is 32.0. The molecule has 0 radical (unpaired) electrons. The minimum Gasteiger partial charge on any atom is -0.496 e. The molecule has 0 saturated carbocycles. The summed E-state index contributed by atoms with van der Waals surface area (Å²) >= 11 is 1.16. The molecule has 1 heterocycles. The van der Waals surface area contributed by atoms with Gasteiger partial charge in [0.25, 0.3) is 11.8 Å². The number of nitrogens with zero attached hydrogens (tertiary/aromatic N) is 3. The van der Waals surface area contributed by atoms with Gasteiger partial charge in [-0.2, -0.15) is 8.42 Å². The fourth-order valence-electron chi connectivity index (χ4n) is 3.69.